The molecule has 2 amide bonds. The van der Waals surface area contributed by atoms with Crippen LogP contribution in [0.25, 0.3) is 0 Å². The van der Waals surface area contributed by atoms with E-state index in [-0.39, 0.29) is 30.6 Å². The van der Waals surface area contributed by atoms with Gasteiger partial charge in [-0.05, 0) is 38.2 Å². The van der Waals surface area contributed by atoms with Crippen LogP contribution in [0.4, 0.5) is 4.79 Å². The molecule has 6 nitrogen and oxygen atoms in total. The van der Waals surface area contributed by atoms with E-state index in [2.05, 4.69) is 5.32 Å². The highest BCUT2D eigenvalue weighted by Crippen LogP contribution is 2.34. The van der Waals surface area contributed by atoms with E-state index < -0.39 is 12.1 Å². The maximum atomic E-state index is 12.6. The molecule has 2 aliphatic rings. The molecule has 26 heavy (non-hydrogen) atoms. The Hall–Kier alpha value is -2.08. The Morgan fingerprint density at radius 1 is 1.19 bits per heavy atom. The van der Waals surface area contributed by atoms with E-state index in [4.69, 9.17) is 10.5 Å². The lowest BCUT2D eigenvalue weighted by atomic mass is 9.88. The van der Waals surface area contributed by atoms with Crippen LogP contribution >= 0.6 is 0 Å². The van der Waals surface area contributed by atoms with Gasteiger partial charge in [-0.25, -0.2) is 4.79 Å². The van der Waals surface area contributed by atoms with E-state index in [0.29, 0.717) is 0 Å². The van der Waals surface area contributed by atoms with Gasteiger partial charge in [0.25, 0.3) is 0 Å². The number of nitrogens with two attached hydrogens (primary N) is 1. The number of hydrogen-bond acceptors (Lipinski definition) is 4. The number of ether oxygens (including phenoxy) is 1. The van der Waals surface area contributed by atoms with Gasteiger partial charge in [-0.1, -0.05) is 43.2 Å². The summed E-state index contributed by atoms with van der Waals surface area (Å²) in [5, 5.41) is 3.00. The zero-order chi connectivity index (χ0) is 18.5. The Kier molecular flexibility index (Phi) is 6.14. The summed E-state index contributed by atoms with van der Waals surface area (Å²) in [4.78, 5) is 26.9. The van der Waals surface area contributed by atoms with Crippen LogP contribution in [0, 0.1) is 0 Å². The van der Waals surface area contributed by atoms with Crippen LogP contribution in [0.3, 0.4) is 0 Å². The van der Waals surface area contributed by atoms with Crippen molar-refractivity contribution in [2.75, 3.05) is 0 Å². The Labute approximate surface area is 155 Å². The first-order valence-electron chi connectivity index (χ1n) is 9.61. The highest BCUT2D eigenvalue weighted by Gasteiger charge is 2.42. The first-order valence-corrected chi connectivity index (χ1v) is 9.61. The number of carbonyl (C=O) groups is 2. The second-order valence-electron chi connectivity index (χ2n) is 7.43. The Bertz CT molecular complexity index is 616. The van der Waals surface area contributed by atoms with E-state index >= 15 is 0 Å². The van der Waals surface area contributed by atoms with Crippen LogP contribution in [0.2, 0.25) is 0 Å². The van der Waals surface area contributed by atoms with Crippen molar-refractivity contribution in [3.05, 3.63) is 35.9 Å². The van der Waals surface area contributed by atoms with Crippen LogP contribution in [0.1, 0.15) is 51.0 Å². The first kappa shape index (κ1) is 18.7. The summed E-state index contributed by atoms with van der Waals surface area (Å²) in [6, 6.07) is 9.32. The van der Waals surface area contributed by atoms with Crippen molar-refractivity contribution in [3.63, 3.8) is 0 Å². The van der Waals surface area contributed by atoms with Gasteiger partial charge in [0.15, 0.2) is 0 Å². The molecule has 3 N–H and O–H groups in total. The molecular weight excluding hydrogens is 330 g/mol. The van der Waals surface area contributed by atoms with Crippen LogP contribution in [0.5, 0.6) is 0 Å². The maximum absolute atomic E-state index is 12.6. The SMILES string of the molecule is C[C@H](N)C(=O)N(C1CC1)[C@H]1CCCC[C@@H]1NC(=O)OCc1ccccc1. The van der Waals surface area contributed by atoms with Gasteiger partial charge in [0, 0.05) is 6.04 Å². The van der Waals surface area contributed by atoms with Gasteiger partial charge in [-0.2, -0.15) is 0 Å². The monoisotopic (exact) mass is 359 g/mol. The van der Waals surface area contributed by atoms with Gasteiger partial charge < -0.3 is 20.7 Å². The molecule has 3 atom stereocenters. The van der Waals surface area contributed by atoms with E-state index in [1.54, 1.807) is 6.92 Å². The molecule has 0 spiro atoms. The summed E-state index contributed by atoms with van der Waals surface area (Å²) in [7, 11) is 0. The molecule has 6 heteroatoms. The van der Waals surface area contributed by atoms with Crippen molar-refractivity contribution in [2.24, 2.45) is 5.73 Å². The smallest absolute Gasteiger partial charge is 0.407 e. The minimum Gasteiger partial charge on any atom is -0.445 e. The zero-order valence-corrected chi connectivity index (χ0v) is 15.4. The highest BCUT2D eigenvalue weighted by atomic mass is 16.5. The number of nitrogens with zero attached hydrogens (tertiary/aromatic N) is 1. The molecule has 3 rings (SSSR count). The summed E-state index contributed by atoms with van der Waals surface area (Å²) >= 11 is 0. The molecule has 0 heterocycles. The fourth-order valence-corrected chi connectivity index (χ4v) is 3.73. The summed E-state index contributed by atoms with van der Waals surface area (Å²) in [5.41, 5.74) is 6.82. The minimum atomic E-state index is -0.511. The molecule has 0 unspecified atom stereocenters. The molecule has 0 aliphatic heterocycles. The quantitative estimate of drug-likeness (QED) is 0.817. The third kappa shape index (κ3) is 4.75. The van der Waals surface area contributed by atoms with Crippen molar-refractivity contribution in [1.29, 1.82) is 0 Å². The predicted molar refractivity (Wildman–Crippen MR) is 99.3 cm³/mol. The molecule has 0 aromatic heterocycles. The fraction of sp³-hybridized carbons (Fsp3) is 0.600. The van der Waals surface area contributed by atoms with Gasteiger partial charge >= 0.3 is 6.09 Å². The lowest BCUT2D eigenvalue weighted by molar-refractivity contribution is -0.136. The molecule has 142 valence electrons. The van der Waals surface area contributed by atoms with Gasteiger partial charge in [0.1, 0.15) is 6.61 Å². The second-order valence-corrected chi connectivity index (χ2v) is 7.43. The predicted octanol–water partition coefficient (Wildman–Crippen LogP) is 2.56. The number of benzene rings is 1. The van der Waals surface area contributed by atoms with E-state index in [0.717, 1.165) is 44.1 Å². The Morgan fingerprint density at radius 2 is 1.88 bits per heavy atom. The first-order chi connectivity index (χ1) is 12.6. The average Bonchev–Trinajstić information content (AvgIpc) is 3.47. The number of carbonyl (C=O) groups excluding carboxylic acids is 2. The molecule has 0 bridgehead atoms. The summed E-state index contributed by atoms with van der Waals surface area (Å²) in [6.07, 6.45) is 5.51. The lowest BCUT2D eigenvalue weighted by Crippen LogP contribution is -2.58. The van der Waals surface area contributed by atoms with Crippen molar-refractivity contribution < 1.29 is 14.3 Å². The molecule has 0 radical (unpaired) electrons. The van der Waals surface area contributed by atoms with Gasteiger partial charge in [-0.15, -0.1) is 0 Å². The Morgan fingerprint density at radius 3 is 2.54 bits per heavy atom. The third-order valence-corrected chi connectivity index (χ3v) is 5.19. The number of amides is 2. The molecule has 2 saturated carbocycles. The second kappa shape index (κ2) is 8.54. The Balaban J connectivity index is 1.60. The molecule has 1 aromatic rings. The van der Waals surface area contributed by atoms with Gasteiger partial charge in [0.05, 0.1) is 18.1 Å². The van der Waals surface area contributed by atoms with E-state index in [1.807, 2.05) is 35.2 Å². The van der Waals surface area contributed by atoms with Crippen molar-refractivity contribution in [3.8, 4) is 0 Å². The maximum Gasteiger partial charge on any atom is 0.407 e. The molecule has 2 aliphatic carbocycles. The minimum absolute atomic E-state index is 0.0103. The number of alkyl carbamates (subject to hydrolysis) is 1. The largest absolute Gasteiger partial charge is 0.445 e. The van der Waals surface area contributed by atoms with E-state index in [9.17, 15) is 9.59 Å². The van der Waals surface area contributed by atoms with Crippen molar-refractivity contribution in [2.45, 2.75) is 76.2 Å². The van der Waals surface area contributed by atoms with Crippen LogP contribution < -0.4 is 11.1 Å². The summed E-state index contributed by atoms with van der Waals surface area (Å²) in [5.74, 6) is -0.0103. The van der Waals surface area contributed by atoms with Crippen LogP contribution in [-0.2, 0) is 16.1 Å². The standard InChI is InChI=1S/C20H29N3O3/c1-14(21)19(24)23(16-11-12-16)18-10-6-5-9-17(18)22-20(25)26-13-15-7-3-2-4-8-15/h2-4,7-8,14,16-18H,5-6,9-13,21H2,1H3,(H,22,25)/t14-,17-,18-/m0/s1. The topological polar surface area (TPSA) is 84.7 Å². The fourth-order valence-electron chi connectivity index (χ4n) is 3.73. The average molecular weight is 359 g/mol. The van der Waals surface area contributed by atoms with Gasteiger partial charge in [-0.3, -0.25) is 4.79 Å². The number of hydrogen-bond donors (Lipinski definition) is 2. The van der Waals surface area contributed by atoms with E-state index in [1.165, 1.54) is 0 Å². The van der Waals surface area contributed by atoms with Crippen LogP contribution in [0.15, 0.2) is 30.3 Å². The number of nitrogens with one attached hydrogen (secondary N) is 1. The third-order valence-electron chi connectivity index (χ3n) is 5.19. The molecule has 2 fully saturated rings. The molecular formula is C20H29N3O3. The van der Waals surface area contributed by atoms with Crippen molar-refractivity contribution >= 4 is 12.0 Å². The number of rotatable bonds is 6. The normalized spacial score (nSPS) is 23.8. The lowest BCUT2D eigenvalue weighted by Gasteiger charge is -2.41. The highest BCUT2D eigenvalue weighted by molar-refractivity contribution is 5.82. The van der Waals surface area contributed by atoms with Crippen molar-refractivity contribution in [1.82, 2.24) is 10.2 Å². The molecule has 1 aromatic carbocycles. The summed E-state index contributed by atoms with van der Waals surface area (Å²) in [6.45, 7) is 1.98. The summed E-state index contributed by atoms with van der Waals surface area (Å²) < 4.78 is 5.36. The van der Waals surface area contributed by atoms with Crippen LogP contribution in [-0.4, -0.2) is 41.1 Å². The zero-order valence-electron chi connectivity index (χ0n) is 15.4. The molecule has 0 saturated heterocycles. The van der Waals surface area contributed by atoms with Gasteiger partial charge in [0.2, 0.25) is 5.91 Å².